The molecule has 0 atom stereocenters. The molecule has 0 aliphatic heterocycles. The van der Waals surface area contributed by atoms with Crippen LogP contribution in [0.25, 0.3) is 0 Å². The molecule has 68 valence electrons. The minimum absolute atomic E-state index is 0.115. The zero-order valence-electron chi connectivity index (χ0n) is 6.94. The molecule has 0 radical (unpaired) electrons. The minimum atomic E-state index is 0.115. The van der Waals surface area contributed by atoms with E-state index in [0.29, 0.717) is 5.92 Å². The number of hydrogen-bond donors (Lipinski definition) is 1. The van der Waals surface area contributed by atoms with Crippen molar-refractivity contribution in [2.45, 2.75) is 18.8 Å². The Hall–Kier alpha value is -1.09. The van der Waals surface area contributed by atoms with Gasteiger partial charge >= 0.3 is 0 Å². The minimum Gasteiger partial charge on any atom is -0.410 e. The van der Waals surface area contributed by atoms with Gasteiger partial charge in [0.2, 0.25) is 0 Å². The lowest BCUT2D eigenvalue weighted by Crippen LogP contribution is -1.94. The number of hydrogen-bond acceptors (Lipinski definition) is 3. The highest BCUT2D eigenvalue weighted by Crippen LogP contribution is 2.39. The van der Waals surface area contributed by atoms with Crippen LogP contribution in [-0.4, -0.2) is 15.4 Å². The summed E-state index contributed by atoms with van der Waals surface area (Å²) >= 11 is 5.66. The Balaban J connectivity index is 2.31. The van der Waals surface area contributed by atoms with Gasteiger partial charge in [0.1, 0.15) is 0 Å². The van der Waals surface area contributed by atoms with Crippen molar-refractivity contribution in [3.05, 3.63) is 29.6 Å². The van der Waals surface area contributed by atoms with Gasteiger partial charge < -0.3 is 5.21 Å². The zero-order chi connectivity index (χ0) is 9.26. The lowest BCUT2D eigenvalue weighted by Gasteiger charge is -1.99. The standard InChI is InChI=1S/C9H9ClN2O/c10-9(12-13)7-3-4-11-8(5-7)6-1-2-6/h3-6,13H,1-2H2/b12-9+. The molecule has 1 fully saturated rings. The highest BCUT2D eigenvalue weighted by atomic mass is 35.5. The summed E-state index contributed by atoms with van der Waals surface area (Å²) in [4.78, 5) is 4.22. The Kier molecular flexibility index (Phi) is 2.19. The Bertz CT molecular complexity index is 347. The number of rotatable bonds is 2. The molecule has 1 aliphatic carbocycles. The van der Waals surface area contributed by atoms with Crippen molar-refractivity contribution in [2.75, 3.05) is 0 Å². The molecule has 0 bridgehead atoms. The summed E-state index contributed by atoms with van der Waals surface area (Å²) < 4.78 is 0. The summed E-state index contributed by atoms with van der Waals surface area (Å²) in [7, 11) is 0. The highest BCUT2D eigenvalue weighted by Gasteiger charge is 2.25. The molecule has 0 spiro atoms. The Labute approximate surface area is 81.1 Å². The summed E-state index contributed by atoms with van der Waals surface area (Å²) in [6, 6.07) is 3.60. The predicted octanol–water partition coefficient (Wildman–Crippen LogP) is 2.33. The third-order valence-corrected chi connectivity index (χ3v) is 2.40. The average Bonchev–Trinajstić information content (AvgIpc) is 3.00. The van der Waals surface area contributed by atoms with Crippen molar-refractivity contribution in [1.29, 1.82) is 0 Å². The van der Waals surface area contributed by atoms with E-state index in [1.165, 1.54) is 12.8 Å². The van der Waals surface area contributed by atoms with Crippen LogP contribution in [0.4, 0.5) is 0 Å². The van der Waals surface area contributed by atoms with E-state index in [0.717, 1.165) is 11.3 Å². The van der Waals surface area contributed by atoms with E-state index in [2.05, 4.69) is 10.1 Å². The Morgan fingerprint density at radius 1 is 1.62 bits per heavy atom. The molecular weight excluding hydrogens is 188 g/mol. The van der Waals surface area contributed by atoms with E-state index in [-0.39, 0.29) is 5.17 Å². The summed E-state index contributed by atoms with van der Waals surface area (Å²) in [6.45, 7) is 0. The van der Waals surface area contributed by atoms with Gasteiger partial charge in [0.05, 0.1) is 0 Å². The highest BCUT2D eigenvalue weighted by molar-refractivity contribution is 6.69. The molecule has 1 aromatic heterocycles. The molecule has 3 nitrogen and oxygen atoms in total. The van der Waals surface area contributed by atoms with Gasteiger partial charge in [0, 0.05) is 23.4 Å². The van der Waals surface area contributed by atoms with Crippen LogP contribution >= 0.6 is 11.6 Å². The van der Waals surface area contributed by atoms with Crippen molar-refractivity contribution >= 4 is 16.8 Å². The van der Waals surface area contributed by atoms with Crippen LogP contribution in [-0.2, 0) is 0 Å². The number of nitrogens with zero attached hydrogens (tertiary/aromatic N) is 2. The smallest absolute Gasteiger partial charge is 0.175 e. The third-order valence-electron chi connectivity index (χ3n) is 2.10. The van der Waals surface area contributed by atoms with Gasteiger partial charge in [-0.1, -0.05) is 16.8 Å². The largest absolute Gasteiger partial charge is 0.410 e. The van der Waals surface area contributed by atoms with E-state index < -0.39 is 0 Å². The normalized spacial score (nSPS) is 17.5. The van der Waals surface area contributed by atoms with Gasteiger partial charge in [-0.15, -0.1) is 0 Å². The molecule has 0 unspecified atom stereocenters. The molecule has 13 heavy (non-hydrogen) atoms. The molecule has 0 amide bonds. The third kappa shape index (κ3) is 1.80. The second-order valence-corrected chi connectivity index (χ2v) is 3.49. The van der Waals surface area contributed by atoms with Gasteiger partial charge in [-0.05, 0) is 25.0 Å². The van der Waals surface area contributed by atoms with E-state index in [1.54, 1.807) is 12.3 Å². The quantitative estimate of drug-likeness (QED) is 0.448. The van der Waals surface area contributed by atoms with Crippen LogP contribution < -0.4 is 0 Å². The fourth-order valence-corrected chi connectivity index (χ4v) is 1.35. The summed E-state index contributed by atoms with van der Waals surface area (Å²) in [5.41, 5.74) is 1.76. The topological polar surface area (TPSA) is 45.5 Å². The molecule has 0 saturated heterocycles. The Morgan fingerprint density at radius 2 is 2.38 bits per heavy atom. The van der Waals surface area contributed by atoms with Crippen LogP contribution in [0.2, 0.25) is 0 Å². The van der Waals surface area contributed by atoms with Gasteiger partial charge in [0.25, 0.3) is 0 Å². The summed E-state index contributed by atoms with van der Waals surface area (Å²) in [5, 5.41) is 11.5. The van der Waals surface area contributed by atoms with E-state index >= 15 is 0 Å². The fourth-order valence-electron chi connectivity index (χ4n) is 1.24. The van der Waals surface area contributed by atoms with Crippen LogP contribution in [0.3, 0.4) is 0 Å². The number of oxime groups is 1. The number of aromatic nitrogens is 1. The van der Waals surface area contributed by atoms with Crippen molar-refractivity contribution in [3.8, 4) is 0 Å². The lowest BCUT2D eigenvalue weighted by atomic mass is 10.2. The summed E-state index contributed by atoms with van der Waals surface area (Å²) in [5.74, 6) is 0.586. The SMILES string of the molecule is O/N=C(/Cl)c1ccnc(C2CC2)c1. The predicted molar refractivity (Wildman–Crippen MR) is 50.4 cm³/mol. The first-order valence-electron chi connectivity index (χ1n) is 4.15. The lowest BCUT2D eigenvalue weighted by molar-refractivity contribution is 0.321. The fraction of sp³-hybridized carbons (Fsp3) is 0.333. The van der Waals surface area contributed by atoms with E-state index in [1.807, 2.05) is 6.07 Å². The van der Waals surface area contributed by atoms with Gasteiger partial charge in [0.15, 0.2) is 5.17 Å². The Morgan fingerprint density at radius 3 is 3.00 bits per heavy atom. The van der Waals surface area contributed by atoms with Crippen molar-refractivity contribution < 1.29 is 5.21 Å². The molecule has 1 aliphatic rings. The van der Waals surface area contributed by atoms with E-state index in [4.69, 9.17) is 16.8 Å². The first kappa shape index (κ1) is 8.51. The van der Waals surface area contributed by atoms with Crippen LogP contribution in [0, 0.1) is 0 Å². The van der Waals surface area contributed by atoms with Crippen molar-refractivity contribution in [2.24, 2.45) is 5.16 Å². The second-order valence-electron chi connectivity index (χ2n) is 3.13. The molecule has 1 heterocycles. The van der Waals surface area contributed by atoms with Gasteiger partial charge in [-0.25, -0.2) is 0 Å². The first-order chi connectivity index (χ1) is 6.31. The first-order valence-corrected chi connectivity index (χ1v) is 4.53. The molecule has 4 heteroatoms. The molecule has 2 rings (SSSR count). The molecular formula is C9H9ClN2O. The maximum Gasteiger partial charge on any atom is 0.175 e. The average molecular weight is 197 g/mol. The molecule has 1 saturated carbocycles. The molecule has 1 N–H and O–H groups in total. The van der Waals surface area contributed by atoms with Gasteiger partial charge in [-0.2, -0.15) is 0 Å². The second kappa shape index (κ2) is 3.34. The van der Waals surface area contributed by atoms with Crippen molar-refractivity contribution in [3.63, 3.8) is 0 Å². The van der Waals surface area contributed by atoms with Crippen molar-refractivity contribution in [1.82, 2.24) is 4.98 Å². The maximum atomic E-state index is 8.47. The zero-order valence-corrected chi connectivity index (χ0v) is 7.70. The van der Waals surface area contributed by atoms with Gasteiger partial charge in [-0.3, -0.25) is 4.98 Å². The maximum absolute atomic E-state index is 8.47. The van der Waals surface area contributed by atoms with Crippen LogP contribution in [0.15, 0.2) is 23.5 Å². The van der Waals surface area contributed by atoms with Crippen LogP contribution in [0.1, 0.15) is 30.0 Å². The number of pyridine rings is 1. The van der Waals surface area contributed by atoms with Crippen LogP contribution in [0.5, 0.6) is 0 Å². The monoisotopic (exact) mass is 196 g/mol. The number of halogens is 1. The molecule has 1 aromatic rings. The van der Waals surface area contributed by atoms with E-state index in [9.17, 15) is 0 Å². The summed E-state index contributed by atoms with van der Waals surface area (Å²) in [6.07, 6.45) is 4.09. The molecule has 0 aromatic carbocycles.